The maximum atomic E-state index is 12.5. The number of amides is 1. The molecule has 0 aliphatic heterocycles. The van der Waals surface area contributed by atoms with E-state index in [9.17, 15) is 4.79 Å². The van der Waals surface area contributed by atoms with Crippen LogP contribution in [-0.4, -0.2) is 21.9 Å². The van der Waals surface area contributed by atoms with E-state index in [1.807, 2.05) is 58.6 Å². The minimum atomic E-state index is -0.143. The molecule has 0 radical (unpaired) electrons. The SMILES string of the molecule is CCCCOc1ccc(C(=O)Nc2ccc(-c3cn4ccsc4n3)cc2)cc1. The van der Waals surface area contributed by atoms with Gasteiger partial charge >= 0.3 is 0 Å². The van der Waals surface area contributed by atoms with Gasteiger partial charge in [0.15, 0.2) is 4.96 Å². The lowest BCUT2D eigenvalue weighted by molar-refractivity contribution is 0.102. The highest BCUT2D eigenvalue weighted by molar-refractivity contribution is 7.15. The van der Waals surface area contributed by atoms with Crippen LogP contribution in [0.4, 0.5) is 5.69 Å². The molecule has 28 heavy (non-hydrogen) atoms. The third-order valence-corrected chi connectivity index (χ3v) is 5.19. The Bertz CT molecular complexity index is 1040. The standard InChI is InChI=1S/C22H21N3O2S/c1-2-3-13-27-19-10-6-17(7-11-19)21(26)23-18-8-4-16(5-9-18)20-15-25-12-14-28-22(25)24-20/h4-12,14-15H,2-3,13H2,1H3,(H,23,26). The van der Waals surface area contributed by atoms with E-state index >= 15 is 0 Å². The number of hydrogen-bond acceptors (Lipinski definition) is 4. The number of fused-ring (bicyclic) bond motifs is 1. The molecule has 4 aromatic rings. The van der Waals surface area contributed by atoms with Crippen LogP contribution in [0.3, 0.4) is 0 Å². The zero-order valence-electron chi connectivity index (χ0n) is 15.6. The van der Waals surface area contributed by atoms with Gasteiger partial charge in [0.2, 0.25) is 0 Å². The summed E-state index contributed by atoms with van der Waals surface area (Å²) in [5.74, 6) is 0.643. The van der Waals surface area contributed by atoms with Gasteiger partial charge in [0, 0.05) is 34.6 Å². The Morgan fingerprint density at radius 1 is 1.14 bits per heavy atom. The molecule has 0 saturated heterocycles. The summed E-state index contributed by atoms with van der Waals surface area (Å²) in [5, 5.41) is 4.94. The fourth-order valence-electron chi connectivity index (χ4n) is 2.83. The smallest absolute Gasteiger partial charge is 0.255 e. The maximum absolute atomic E-state index is 12.5. The summed E-state index contributed by atoms with van der Waals surface area (Å²) in [4.78, 5) is 18.0. The fourth-order valence-corrected chi connectivity index (χ4v) is 3.53. The number of anilines is 1. The lowest BCUT2D eigenvalue weighted by Crippen LogP contribution is -2.11. The monoisotopic (exact) mass is 391 g/mol. The molecule has 2 heterocycles. The molecule has 5 nitrogen and oxygen atoms in total. The van der Waals surface area contributed by atoms with E-state index < -0.39 is 0 Å². The number of thiazole rings is 1. The van der Waals surface area contributed by atoms with Crippen molar-refractivity contribution in [1.82, 2.24) is 9.38 Å². The molecule has 0 fully saturated rings. The number of rotatable bonds is 7. The Balaban J connectivity index is 1.39. The van der Waals surface area contributed by atoms with Gasteiger partial charge in [-0.05, 0) is 42.8 Å². The Labute approximate surface area is 167 Å². The van der Waals surface area contributed by atoms with Crippen molar-refractivity contribution in [3.8, 4) is 17.0 Å². The van der Waals surface area contributed by atoms with Gasteiger partial charge in [-0.15, -0.1) is 11.3 Å². The van der Waals surface area contributed by atoms with Gasteiger partial charge in [0.05, 0.1) is 12.3 Å². The predicted octanol–water partition coefficient (Wildman–Crippen LogP) is 5.49. The highest BCUT2D eigenvalue weighted by Crippen LogP contribution is 2.23. The van der Waals surface area contributed by atoms with Crippen LogP contribution in [0.1, 0.15) is 30.1 Å². The van der Waals surface area contributed by atoms with Gasteiger partial charge in [0.25, 0.3) is 5.91 Å². The maximum Gasteiger partial charge on any atom is 0.255 e. The predicted molar refractivity (Wildman–Crippen MR) is 113 cm³/mol. The molecular weight excluding hydrogens is 370 g/mol. The van der Waals surface area contributed by atoms with Crippen molar-refractivity contribution in [2.24, 2.45) is 0 Å². The molecule has 0 atom stereocenters. The van der Waals surface area contributed by atoms with Crippen molar-refractivity contribution >= 4 is 27.9 Å². The lowest BCUT2D eigenvalue weighted by Gasteiger charge is -2.08. The number of hydrogen-bond donors (Lipinski definition) is 1. The van der Waals surface area contributed by atoms with Crippen molar-refractivity contribution in [2.45, 2.75) is 19.8 Å². The van der Waals surface area contributed by atoms with Gasteiger partial charge in [-0.3, -0.25) is 9.20 Å². The van der Waals surface area contributed by atoms with Crippen LogP contribution in [0.15, 0.2) is 66.3 Å². The molecule has 0 saturated carbocycles. The summed E-state index contributed by atoms with van der Waals surface area (Å²) in [5.41, 5.74) is 3.28. The molecule has 2 aromatic carbocycles. The first-order valence-electron chi connectivity index (χ1n) is 9.30. The fraction of sp³-hybridized carbons (Fsp3) is 0.182. The number of imidazole rings is 1. The molecule has 2 aromatic heterocycles. The van der Waals surface area contributed by atoms with Gasteiger partial charge in [-0.25, -0.2) is 4.98 Å². The van der Waals surface area contributed by atoms with E-state index in [0.717, 1.165) is 40.5 Å². The minimum absolute atomic E-state index is 0.143. The van der Waals surface area contributed by atoms with Crippen LogP contribution in [-0.2, 0) is 0 Å². The van der Waals surface area contributed by atoms with Gasteiger partial charge < -0.3 is 10.1 Å². The summed E-state index contributed by atoms with van der Waals surface area (Å²) in [7, 11) is 0. The number of carbonyl (C=O) groups excluding carboxylic acids is 1. The third-order valence-electron chi connectivity index (χ3n) is 4.41. The molecule has 1 amide bonds. The van der Waals surface area contributed by atoms with E-state index in [-0.39, 0.29) is 5.91 Å². The average Bonchev–Trinajstić information content (AvgIpc) is 3.31. The van der Waals surface area contributed by atoms with Crippen LogP contribution in [0.2, 0.25) is 0 Å². The summed E-state index contributed by atoms with van der Waals surface area (Å²) < 4.78 is 7.64. The largest absolute Gasteiger partial charge is 0.494 e. The van der Waals surface area contributed by atoms with Crippen LogP contribution >= 0.6 is 11.3 Å². The summed E-state index contributed by atoms with van der Waals surface area (Å²) in [6, 6.07) is 14.9. The van der Waals surface area contributed by atoms with E-state index in [1.165, 1.54) is 0 Å². The normalized spacial score (nSPS) is 10.9. The molecule has 0 aliphatic rings. The van der Waals surface area contributed by atoms with Gasteiger partial charge in [0.1, 0.15) is 5.75 Å². The highest BCUT2D eigenvalue weighted by Gasteiger charge is 2.08. The Morgan fingerprint density at radius 2 is 1.93 bits per heavy atom. The number of aromatic nitrogens is 2. The van der Waals surface area contributed by atoms with Gasteiger partial charge in [-0.1, -0.05) is 25.5 Å². The van der Waals surface area contributed by atoms with Gasteiger partial charge in [-0.2, -0.15) is 0 Å². The molecule has 1 N–H and O–H groups in total. The minimum Gasteiger partial charge on any atom is -0.494 e. The molecule has 0 aliphatic carbocycles. The van der Waals surface area contributed by atoms with Crippen molar-refractivity contribution < 1.29 is 9.53 Å². The number of unbranched alkanes of at least 4 members (excludes halogenated alkanes) is 1. The molecule has 142 valence electrons. The topological polar surface area (TPSA) is 55.6 Å². The third kappa shape index (κ3) is 4.07. The van der Waals surface area contributed by atoms with Crippen LogP contribution < -0.4 is 10.1 Å². The number of ether oxygens (including phenoxy) is 1. The second-order valence-corrected chi connectivity index (χ2v) is 7.35. The average molecular weight is 391 g/mol. The molecule has 0 unspecified atom stereocenters. The molecule has 6 heteroatoms. The van der Waals surface area contributed by atoms with E-state index in [2.05, 4.69) is 17.2 Å². The Hall–Kier alpha value is -3.12. The number of benzene rings is 2. The van der Waals surface area contributed by atoms with Crippen molar-refractivity contribution in [3.05, 3.63) is 71.9 Å². The van der Waals surface area contributed by atoms with E-state index in [1.54, 1.807) is 23.5 Å². The van der Waals surface area contributed by atoms with E-state index in [0.29, 0.717) is 12.2 Å². The molecular formula is C22H21N3O2S. The highest BCUT2D eigenvalue weighted by atomic mass is 32.1. The zero-order chi connectivity index (χ0) is 19.3. The second kappa shape index (κ2) is 8.27. The van der Waals surface area contributed by atoms with Crippen LogP contribution in [0.5, 0.6) is 5.75 Å². The summed E-state index contributed by atoms with van der Waals surface area (Å²) in [6.07, 6.45) is 6.11. The first kappa shape index (κ1) is 18.3. The number of nitrogens with zero attached hydrogens (tertiary/aromatic N) is 2. The Kier molecular flexibility index (Phi) is 5.39. The second-order valence-electron chi connectivity index (χ2n) is 6.48. The molecule has 4 rings (SSSR count). The quantitative estimate of drug-likeness (QED) is 0.424. The van der Waals surface area contributed by atoms with Crippen LogP contribution in [0.25, 0.3) is 16.2 Å². The van der Waals surface area contributed by atoms with Crippen molar-refractivity contribution in [3.63, 3.8) is 0 Å². The number of nitrogens with one attached hydrogen (secondary N) is 1. The first-order valence-corrected chi connectivity index (χ1v) is 10.2. The number of carbonyl (C=O) groups is 1. The van der Waals surface area contributed by atoms with E-state index in [4.69, 9.17) is 4.74 Å². The molecule has 0 bridgehead atoms. The zero-order valence-corrected chi connectivity index (χ0v) is 16.4. The summed E-state index contributed by atoms with van der Waals surface area (Å²) in [6.45, 7) is 2.82. The van der Waals surface area contributed by atoms with Crippen molar-refractivity contribution in [2.75, 3.05) is 11.9 Å². The lowest BCUT2D eigenvalue weighted by atomic mass is 10.1. The first-order chi connectivity index (χ1) is 13.7. The van der Waals surface area contributed by atoms with Crippen molar-refractivity contribution in [1.29, 1.82) is 0 Å². The Morgan fingerprint density at radius 3 is 2.64 bits per heavy atom. The summed E-state index contributed by atoms with van der Waals surface area (Å²) >= 11 is 1.60. The molecule has 0 spiro atoms. The van der Waals surface area contributed by atoms with Crippen LogP contribution in [0, 0.1) is 0 Å².